The van der Waals surface area contributed by atoms with Gasteiger partial charge in [-0.1, -0.05) is 13.3 Å². The molecule has 7 nitrogen and oxygen atoms in total. The van der Waals surface area contributed by atoms with E-state index >= 15 is 0 Å². The molecule has 0 saturated carbocycles. The van der Waals surface area contributed by atoms with Crippen molar-refractivity contribution >= 4 is 5.96 Å². The van der Waals surface area contributed by atoms with Crippen molar-refractivity contribution in [2.24, 2.45) is 4.99 Å². The van der Waals surface area contributed by atoms with Crippen LogP contribution in [0.1, 0.15) is 31.7 Å². The van der Waals surface area contributed by atoms with E-state index in [2.05, 4.69) is 39.6 Å². The van der Waals surface area contributed by atoms with Crippen LogP contribution in [-0.2, 0) is 11.3 Å². The van der Waals surface area contributed by atoms with Crippen LogP contribution < -0.4 is 20.1 Å². The van der Waals surface area contributed by atoms with E-state index in [0.717, 1.165) is 69.5 Å². The van der Waals surface area contributed by atoms with Crippen molar-refractivity contribution in [3.05, 3.63) is 23.8 Å². The summed E-state index contributed by atoms with van der Waals surface area (Å²) in [5.74, 6) is 2.50. The number of likely N-dealkylation sites (tertiary alicyclic amines) is 1. The topological polar surface area (TPSA) is 67.4 Å². The van der Waals surface area contributed by atoms with E-state index in [1.165, 1.54) is 5.56 Å². The fraction of sp³-hybridized carbons (Fsp3) is 0.667. The molecule has 1 aliphatic rings. The SMILES string of the molecule is CCCCOCCNC(=NC)NC1CCN(Cc2cc(OC)cc(OC)c2)C1. The van der Waals surface area contributed by atoms with Crippen molar-refractivity contribution in [3.8, 4) is 11.5 Å². The van der Waals surface area contributed by atoms with Crippen LogP contribution >= 0.6 is 0 Å². The van der Waals surface area contributed by atoms with E-state index in [-0.39, 0.29) is 0 Å². The molecule has 1 unspecified atom stereocenters. The van der Waals surface area contributed by atoms with Gasteiger partial charge in [0.05, 0.1) is 20.8 Å². The Morgan fingerprint density at radius 2 is 1.93 bits per heavy atom. The fourth-order valence-electron chi connectivity index (χ4n) is 3.29. The van der Waals surface area contributed by atoms with Gasteiger partial charge in [-0.2, -0.15) is 0 Å². The number of hydrogen-bond donors (Lipinski definition) is 2. The molecule has 1 heterocycles. The Kier molecular flexibility index (Phi) is 9.93. The van der Waals surface area contributed by atoms with Crippen LogP contribution in [0, 0.1) is 0 Å². The van der Waals surface area contributed by atoms with Crippen molar-refractivity contribution in [3.63, 3.8) is 0 Å². The van der Waals surface area contributed by atoms with Gasteiger partial charge in [0, 0.05) is 51.9 Å². The van der Waals surface area contributed by atoms with Gasteiger partial charge in [-0.05, 0) is 30.5 Å². The molecule has 2 rings (SSSR count). The second-order valence-corrected chi connectivity index (χ2v) is 7.05. The van der Waals surface area contributed by atoms with E-state index in [1.807, 2.05) is 13.1 Å². The lowest BCUT2D eigenvalue weighted by Crippen LogP contribution is -2.45. The molecule has 2 N–H and O–H groups in total. The van der Waals surface area contributed by atoms with Crippen LogP contribution in [0.4, 0.5) is 0 Å². The first-order valence-corrected chi connectivity index (χ1v) is 10.2. The molecule has 1 fully saturated rings. The Bertz CT molecular complexity index is 587. The number of guanidine groups is 1. The third-order valence-corrected chi connectivity index (χ3v) is 4.84. The summed E-state index contributed by atoms with van der Waals surface area (Å²) < 4.78 is 16.3. The number of aliphatic imine (C=N–C) groups is 1. The summed E-state index contributed by atoms with van der Waals surface area (Å²) in [6.45, 7) is 7.38. The molecule has 28 heavy (non-hydrogen) atoms. The molecule has 0 aliphatic carbocycles. The zero-order valence-electron chi connectivity index (χ0n) is 17.8. The van der Waals surface area contributed by atoms with Crippen LogP contribution in [0.15, 0.2) is 23.2 Å². The fourth-order valence-corrected chi connectivity index (χ4v) is 3.29. The first kappa shape index (κ1) is 22.3. The monoisotopic (exact) mass is 392 g/mol. The molecule has 0 amide bonds. The predicted octanol–water partition coefficient (Wildman–Crippen LogP) is 2.26. The Morgan fingerprint density at radius 3 is 2.57 bits per heavy atom. The lowest BCUT2D eigenvalue weighted by atomic mass is 10.2. The molecule has 0 spiro atoms. The van der Waals surface area contributed by atoms with E-state index in [0.29, 0.717) is 12.6 Å². The Balaban J connectivity index is 1.75. The highest BCUT2D eigenvalue weighted by atomic mass is 16.5. The lowest BCUT2D eigenvalue weighted by Gasteiger charge is -2.19. The maximum absolute atomic E-state index is 5.59. The molecule has 0 aromatic heterocycles. The standard InChI is InChI=1S/C21H36N4O3/c1-5-6-10-28-11-8-23-21(22-2)24-18-7-9-25(16-18)15-17-12-19(26-3)14-20(13-17)27-4/h12-14,18H,5-11,15-16H2,1-4H3,(H2,22,23,24). The predicted molar refractivity (Wildman–Crippen MR) is 113 cm³/mol. The van der Waals surface area contributed by atoms with Gasteiger partial charge < -0.3 is 24.8 Å². The minimum absolute atomic E-state index is 0.389. The minimum Gasteiger partial charge on any atom is -0.497 e. The highest BCUT2D eigenvalue weighted by Crippen LogP contribution is 2.24. The molecule has 0 bridgehead atoms. The summed E-state index contributed by atoms with van der Waals surface area (Å²) in [7, 11) is 5.17. The zero-order chi connectivity index (χ0) is 20.2. The molecule has 0 radical (unpaired) electrons. The molecule has 7 heteroatoms. The summed E-state index contributed by atoms with van der Waals surface area (Å²) in [5.41, 5.74) is 1.20. The minimum atomic E-state index is 0.389. The Labute approximate surface area is 169 Å². The van der Waals surface area contributed by atoms with E-state index in [1.54, 1.807) is 14.2 Å². The van der Waals surface area contributed by atoms with Gasteiger partial charge in [0.15, 0.2) is 5.96 Å². The third kappa shape index (κ3) is 7.56. The lowest BCUT2D eigenvalue weighted by molar-refractivity contribution is 0.136. The molecular weight excluding hydrogens is 356 g/mol. The second kappa shape index (κ2) is 12.5. The van der Waals surface area contributed by atoms with Crippen LogP contribution in [0.25, 0.3) is 0 Å². The number of nitrogens with zero attached hydrogens (tertiary/aromatic N) is 2. The van der Waals surface area contributed by atoms with Gasteiger partial charge >= 0.3 is 0 Å². The first-order valence-electron chi connectivity index (χ1n) is 10.2. The summed E-state index contributed by atoms with van der Waals surface area (Å²) in [4.78, 5) is 6.76. The average molecular weight is 393 g/mol. The van der Waals surface area contributed by atoms with Crippen LogP contribution in [-0.4, -0.2) is 71.0 Å². The number of hydrogen-bond acceptors (Lipinski definition) is 5. The average Bonchev–Trinajstić information content (AvgIpc) is 3.15. The maximum atomic E-state index is 5.59. The summed E-state index contributed by atoms with van der Waals surface area (Å²) in [5, 5.41) is 6.85. The van der Waals surface area contributed by atoms with Crippen molar-refractivity contribution in [2.75, 3.05) is 54.1 Å². The second-order valence-electron chi connectivity index (χ2n) is 7.05. The number of rotatable bonds is 11. The molecule has 1 aliphatic heterocycles. The van der Waals surface area contributed by atoms with Gasteiger partial charge in [-0.25, -0.2) is 0 Å². The highest BCUT2D eigenvalue weighted by Gasteiger charge is 2.23. The normalized spacial score (nSPS) is 17.6. The number of benzene rings is 1. The van der Waals surface area contributed by atoms with E-state index in [9.17, 15) is 0 Å². The van der Waals surface area contributed by atoms with Crippen molar-refractivity contribution in [2.45, 2.75) is 38.8 Å². The third-order valence-electron chi connectivity index (χ3n) is 4.84. The van der Waals surface area contributed by atoms with Gasteiger partial charge in [0.1, 0.15) is 11.5 Å². The van der Waals surface area contributed by atoms with Crippen LogP contribution in [0.5, 0.6) is 11.5 Å². The zero-order valence-corrected chi connectivity index (χ0v) is 17.8. The molecule has 1 aromatic carbocycles. The number of methoxy groups -OCH3 is 2. The van der Waals surface area contributed by atoms with E-state index in [4.69, 9.17) is 14.2 Å². The van der Waals surface area contributed by atoms with Crippen molar-refractivity contribution in [1.29, 1.82) is 0 Å². The van der Waals surface area contributed by atoms with Gasteiger partial charge in [0.25, 0.3) is 0 Å². The highest BCUT2D eigenvalue weighted by molar-refractivity contribution is 5.80. The maximum Gasteiger partial charge on any atom is 0.191 e. The number of nitrogens with one attached hydrogen (secondary N) is 2. The Hall–Kier alpha value is -1.99. The van der Waals surface area contributed by atoms with Crippen molar-refractivity contribution < 1.29 is 14.2 Å². The number of unbranched alkanes of at least 4 members (excludes halogenated alkanes) is 1. The van der Waals surface area contributed by atoms with Crippen LogP contribution in [0.2, 0.25) is 0 Å². The van der Waals surface area contributed by atoms with Gasteiger partial charge in [-0.15, -0.1) is 0 Å². The quantitative estimate of drug-likeness (QED) is 0.342. The first-order chi connectivity index (χ1) is 13.7. The molecule has 1 aromatic rings. The summed E-state index contributed by atoms with van der Waals surface area (Å²) >= 11 is 0. The molecule has 158 valence electrons. The van der Waals surface area contributed by atoms with Crippen molar-refractivity contribution in [1.82, 2.24) is 15.5 Å². The largest absolute Gasteiger partial charge is 0.497 e. The Morgan fingerprint density at radius 1 is 1.18 bits per heavy atom. The van der Waals surface area contributed by atoms with Crippen LogP contribution in [0.3, 0.4) is 0 Å². The molecular formula is C21H36N4O3. The molecule has 1 saturated heterocycles. The van der Waals surface area contributed by atoms with Gasteiger partial charge in [-0.3, -0.25) is 9.89 Å². The smallest absolute Gasteiger partial charge is 0.191 e. The van der Waals surface area contributed by atoms with Gasteiger partial charge in [0.2, 0.25) is 0 Å². The van der Waals surface area contributed by atoms with E-state index < -0.39 is 0 Å². The summed E-state index contributed by atoms with van der Waals surface area (Å²) in [6, 6.07) is 6.43. The number of ether oxygens (including phenoxy) is 3. The molecule has 1 atom stereocenters. The summed E-state index contributed by atoms with van der Waals surface area (Å²) in [6.07, 6.45) is 3.37.